The molecule has 3 N–H and O–H groups in total. The Balaban J connectivity index is 1.75. The molecule has 3 aliphatic rings. The third-order valence-corrected chi connectivity index (χ3v) is 4.94. The van der Waals surface area contributed by atoms with Crippen molar-refractivity contribution in [2.45, 2.75) is 25.7 Å². The summed E-state index contributed by atoms with van der Waals surface area (Å²) in [5.41, 5.74) is 5.75. The van der Waals surface area contributed by atoms with Gasteiger partial charge < -0.3 is 10.8 Å². The van der Waals surface area contributed by atoms with Crippen molar-refractivity contribution in [1.29, 1.82) is 0 Å². The second kappa shape index (κ2) is 2.51. The molecule has 5 atom stereocenters. The molecular weight excluding hydrogens is 178 g/mol. The summed E-state index contributed by atoms with van der Waals surface area (Å²) < 4.78 is 0. The molecule has 0 spiro atoms. The number of nitrogens with two attached hydrogens (primary N) is 1. The van der Waals surface area contributed by atoms with Crippen LogP contribution in [0.25, 0.3) is 0 Å². The quantitative estimate of drug-likeness (QED) is 0.708. The second-order valence-electron chi connectivity index (χ2n) is 5.51. The summed E-state index contributed by atoms with van der Waals surface area (Å²) in [6.07, 6.45) is 4.06. The Labute approximate surface area is 83.7 Å². The number of carbonyl (C=O) groups is 1. The number of carboxylic acids is 1. The minimum Gasteiger partial charge on any atom is -0.481 e. The first kappa shape index (κ1) is 8.72. The van der Waals surface area contributed by atoms with E-state index >= 15 is 0 Å². The Morgan fingerprint density at radius 3 is 2.79 bits per heavy atom. The SMILES string of the molecule is NC[C@]1(CC(=O)O)C[C@H]2[C@@H]3C[C@@H]3C[C@H]21. The number of hydrogen-bond donors (Lipinski definition) is 2. The maximum absolute atomic E-state index is 10.8. The summed E-state index contributed by atoms with van der Waals surface area (Å²) in [5.74, 6) is 2.70. The van der Waals surface area contributed by atoms with E-state index in [0.29, 0.717) is 18.9 Å². The van der Waals surface area contributed by atoms with Gasteiger partial charge >= 0.3 is 5.97 Å². The Hall–Kier alpha value is -0.570. The molecule has 3 nitrogen and oxygen atoms in total. The fourth-order valence-corrected chi connectivity index (χ4v) is 4.14. The van der Waals surface area contributed by atoms with Gasteiger partial charge in [0.2, 0.25) is 0 Å². The largest absolute Gasteiger partial charge is 0.481 e. The fraction of sp³-hybridized carbons (Fsp3) is 0.909. The van der Waals surface area contributed by atoms with Crippen molar-refractivity contribution in [3.05, 3.63) is 0 Å². The van der Waals surface area contributed by atoms with E-state index in [1.54, 1.807) is 0 Å². The van der Waals surface area contributed by atoms with Gasteiger partial charge in [-0.1, -0.05) is 0 Å². The highest BCUT2D eigenvalue weighted by Crippen LogP contribution is 2.71. The third-order valence-electron chi connectivity index (χ3n) is 4.94. The number of carboxylic acid groups (broad SMARTS) is 1. The number of rotatable bonds is 3. The molecule has 0 heterocycles. The van der Waals surface area contributed by atoms with Gasteiger partial charge in [-0.3, -0.25) is 4.79 Å². The van der Waals surface area contributed by atoms with Gasteiger partial charge in [-0.25, -0.2) is 0 Å². The molecule has 0 saturated heterocycles. The van der Waals surface area contributed by atoms with Crippen LogP contribution in [-0.2, 0) is 4.79 Å². The minimum atomic E-state index is -0.672. The predicted molar refractivity (Wildman–Crippen MR) is 51.6 cm³/mol. The molecule has 0 unspecified atom stereocenters. The van der Waals surface area contributed by atoms with Crippen LogP contribution in [0.2, 0.25) is 0 Å². The van der Waals surface area contributed by atoms with Crippen LogP contribution in [0.3, 0.4) is 0 Å². The van der Waals surface area contributed by atoms with E-state index in [-0.39, 0.29) is 5.41 Å². The second-order valence-corrected chi connectivity index (χ2v) is 5.51. The van der Waals surface area contributed by atoms with E-state index in [2.05, 4.69) is 0 Å². The predicted octanol–water partition coefficient (Wildman–Crippen LogP) is 1.08. The molecule has 3 heteroatoms. The average molecular weight is 195 g/mol. The molecule has 0 radical (unpaired) electrons. The van der Waals surface area contributed by atoms with Crippen LogP contribution in [0.5, 0.6) is 0 Å². The molecule has 3 rings (SSSR count). The van der Waals surface area contributed by atoms with Gasteiger partial charge in [-0.15, -0.1) is 0 Å². The van der Waals surface area contributed by atoms with E-state index in [1.165, 1.54) is 12.8 Å². The monoisotopic (exact) mass is 195 g/mol. The molecule has 78 valence electrons. The van der Waals surface area contributed by atoms with Gasteiger partial charge in [-0.2, -0.15) is 0 Å². The lowest BCUT2D eigenvalue weighted by Gasteiger charge is -2.53. The lowest BCUT2D eigenvalue weighted by molar-refractivity contribution is -0.146. The normalized spacial score (nSPS) is 53.2. The van der Waals surface area contributed by atoms with Crippen molar-refractivity contribution in [2.24, 2.45) is 34.8 Å². The van der Waals surface area contributed by atoms with Gasteiger partial charge in [0.05, 0.1) is 6.42 Å². The van der Waals surface area contributed by atoms with Crippen molar-refractivity contribution in [3.8, 4) is 0 Å². The van der Waals surface area contributed by atoms with Crippen LogP contribution in [-0.4, -0.2) is 17.6 Å². The van der Waals surface area contributed by atoms with Crippen LogP contribution in [0.15, 0.2) is 0 Å². The van der Waals surface area contributed by atoms with Crippen molar-refractivity contribution in [2.75, 3.05) is 6.54 Å². The van der Waals surface area contributed by atoms with Gasteiger partial charge in [0.15, 0.2) is 0 Å². The summed E-state index contributed by atoms with van der Waals surface area (Å²) in [6.45, 7) is 0.569. The topological polar surface area (TPSA) is 63.3 Å². The summed E-state index contributed by atoms with van der Waals surface area (Å²) in [7, 11) is 0. The molecule has 0 amide bonds. The molecule has 0 bridgehead atoms. The number of hydrogen-bond acceptors (Lipinski definition) is 2. The van der Waals surface area contributed by atoms with E-state index in [0.717, 1.165) is 24.2 Å². The van der Waals surface area contributed by atoms with Crippen LogP contribution >= 0.6 is 0 Å². The maximum atomic E-state index is 10.8. The van der Waals surface area contributed by atoms with Gasteiger partial charge in [0.1, 0.15) is 0 Å². The highest BCUT2D eigenvalue weighted by Gasteiger charge is 2.66. The van der Waals surface area contributed by atoms with Gasteiger partial charge in [0, 0.05) is 0 Å². The van der Waals surface area contributed by atoms with Gasteiger partial charge in [0.25, 0.3) is 0 Å². The first-order valence-electron chi connectivity index (χ1n) is 5.58. The summed E-state index contributed by atoms with van der Waals surface area (Å²) >= 11 is 0. The lowest BCUT2D eigenvalue weighted by atomic mass is 9.52. The van der Waals surface area contributed by atoms with Crippen LogP contribution in [0, 0.1) is 29.1 Å². The molecule has 0 aromatic rings. The molecule has 0 aromatic carbocycles. The molecule has 0 aromatic heterocycles. The fourth-order valence-electron chi connectivity index (χ4n) is 4.14. The summed E-state index contributed by atoms with van der Waals surface area (Å²) in [4.78, 5) is 10.8. The van der Waals surface area contributed by atoms with E-state index in [9.17, 15) is 4.79 Å². The van der Waals surface area contributed by atoms with Crippen molar-refractivity contribution >= 4 is 5.97 Å². The molecular formula is C11H17NO2. The minimum absolute atomic E-state index is 0.0239. The standard InChI is InChI=1S/C11H17NO2/c12-5-11(4-10(13)14)3-8-7-1-6(7)2-9(8)11/h6-9H,1-5,12H2,(H,13,14)/t6-,7-,8+,9-,11-/m1/s1. The highest BCUT2D eigenvalue weighted by atomic mass is 16.4. The highest BCUT2D eigenvalue weighted by molar-refractivity contribution is 5.68. The summed E-state index contributed by atoms with van der Waals surface area (Å²) in [5, 5.41) is 8.89. The Morgan fingerprint density at radius 2 is 2.21 bits per heavy atom. The zero-order valence-electron chi connectivity index (χ0n) is 8.28. The molecule has 3 aliphatic carbocycles. The molecule has 14 heavy (non-hydrogen) atoms. The lowest BCUT2D eigenvalue weighted by Crippen LogP contribution is -2.52. The first-order valence-corrected chi connectivity index (χ1v) is 5.58. The van der Waals surface area contributed by atoms with Crippen molar-refractivity contribution < 1.29 is 9.90 Å². The average Bonchev–Trinajstić information content (AvgIpc) is 2.81. The zero-order chi connectivity index (χ0) is 9.92. The van der Waals surface area contributed by atoms with E-state index in [1.807, 2.05) is 0 Å². The van der Waals surface area contributed by atoms with Crippen LogP contribution in [0.1, 0.15) is 25.7 Å². The zero-order valence-corrected chi connectivity index (χ0v) is 8.28. The van der Waals surface area contributed by atoms with Crippen LogP contribution in [0.4, 0.5) is 0 Å². The number of aliphatic carboxylic acids is 1. The molecule has 3 fully saturated rings. The summed E-state index contributed by atoms with van der Waals surface area (Å²) in [6, 6.07) is 0. The molecule has 0 aliphatic heterocycles. The maximum Gasteiger partial charge on any atom is 0.303 e. The molecule has 3 saturated carbocycles. The van der Waals surface area contributed by atoms with Crippen molar-refractivity contribution in [1.82, 2.24) is 0 Å². The van der Waals surface area contributed by atoms with E-state index in [4.69, 9.17) is 10.8 Å². The van der Waals surface area contributed by atoms with Crippen LogP contribution < -0.4 is 5.73 Å². The van der Waals surface area contributed by atoms with Gasteiger partial charge in [-0.05, 0) is 54.9 Å². The first-order chi connectivity index (χ1) is 6.66. The third kappa shape index (κ3) is 0.937. The van der Waals surface area contributed by atoms with E-state index < -0.39 is 5.97 Å². The van der Waals surface area contributed by atoms with Crippen molar-refractivity contribution in [3.63, 3.8) is 0 Å². The smallest absolute Gasteiger partial charge is 0.303 e. The number of fused-ring (bicyclic) bond motifs is 3. The Kier molecular flexibility index (Phi) is 1.56. The Bertz CT molecular complexity index is 291. The Morgan fingerprint density at radius 1 is 1.43 bits per heavy atom.